The highest BCUT2D eigenvalue weighted by atomic mass is 32.2. The Hall–Kier alpha value is 0.170. The van der Waals surface area contributed by atoms with Gasteiger partial charge in [0.05, 0.1) is 5.75 Å². The quantitative estimate of drug-likeness (QED) is 0.741. The molecule has 0 N–H and O–H groups in total. The first-order valence-electron chi connectivity index (χ1n) is 5.05. The van der Waals surface area contributed by atoms with E-state index in [1.807, 2.05) is 16.7 Å². The minimum atomic E-state index is 0.320. The molecular formula is C10H19NOS2. The standard InChI is InChI=1S/C10H19NOS2/c1-8(2)14-7-10(12)11-5-4-9(6-11)13-3/h8-9H,4-7H2,1-3H3. The molecule has 1 aliphatic rings. The predicted octanol–water partition coefficient (Wildman–Crippen LogP) is 2.09. The Balaban J connectivity index is 2.25. The Bertz CT molecular complexity index is 197. The largest absolute Gasteiger partial charge is 0.341 e. The number of nitrogens with zero attached hydrogens (tertiary/aromatic N) is 1. The molecular weight excluding hydrogens is 214 g/mol. The molecule has 14 heavy (non-hydrogen) atoms. The van der Waals surface area contributed by atoms with Gasteiger partial charge in [-0.1, -0.05) is 13.8 Å². The van der Waals surface area contributed by atoms with E-state index < -0.39 is 0 Å². The molecule has 1 aliphatic heterocycles. The molecule has 4 heteroatoms. The third-order valence-electron chi connectivity index (χ3n) is 2.37. The van der Waals surface area contributed by atoms with Crippen molar-refractivity contribution in [3.8, 4) is 0 Å². The Kier molecular flexibility index (Phi) is 5.17. The van der Waals surface area contributed by atoms with E-state index in [1.165, 1.54) is 6.42 Å². The van der Waals surface area contributed by atoms with Crippen LogP contribution in [0.25, 0.3) is 0 Å². The van der Waals surface area contributed by atoms with Crippen LogP contribution in [0.1, 0.15) is 20.3 Å². The molecule has 0 aliphatic carbocycles. The fourth-order valence-corrected chi connectivity index (χ4v) is 2.80. The summed E-state index contributed by atoms with van der Waals surface area (Å²) in [5, 5.41) is 1.22. The average Bonchev–Trinajstić information content (AvgIpc) is 2.62. The van der Waals surface area contributed by atoms with Crippen molar-refractivity contribution in [2.24, 2.45) is 0 Å². The summed E-state index contributed by atoms with van der Waals surface area (Å²) in [6.45, 7) is 6.18. The summed E-state index contributed by atoms with van der Waals surface area (Å²) in [7, 11) is 0. The first-order valence-corrected chi connectivity index (χ1v) is 7.39. The lowest BCUT2D eigenvalue weighted by atomic mass is 10.4. The number of hydrogen-bond donors (Lipinski definition) is 0. The van der Waals surface area contributed by atoms with Gasteiger partial charge in [-0.15, -0.1) is 11.8 Å². The molecule has 0 aromatic rings. The fourth-order valence-electron chi connectivity index (χ4n) is 1.48. The minimum absolute atomic E-state index is 0.320. The molecule has 0 bridgehead atoms. The number of carbonyl (C=O) groups is 1. The fraction of sp³-hybridized carbons (Fsp3) is 0.900. The maximum atomic E-state index is 11.7. The smallest absolute Gasteiger partial charge is 0.232 e. The summed E-state index contributed by atoms with van der Waals surface area (Å²) in [5.41, 5.74) is 0. The monoisotopic (exact) mass is 233 g/mol. The molecule has 0 radical (unpaired) electrons. The van der Waals surface area contributed by atoms with Crippen molar-refractivity contribution in [1.82, 2.24) is 4.90 Å². The zero-order chi connectivity index (χ0) is 10.6. The van der Waals surface area contributed by atoms with E-state index in [4.69, 9.17) is 0 Å². The SMILES string of the molecule is CSC1CCN(C(=O)CSC(C)C)C1. The third-order valence-corrected chi connectivity index (χ3v) is 4.50. The van der Waals surface area contributed by atoms with Crippen LogP contribution >= 0.6 is 23.5 Å². The van der Waals surface area contributed by atoms with Gasteiger partial charge in [0.15, 0.2) is 0 Å². The Morgan fingerprint density at radius 3 is 2.79 bits per heavy atom. The van der Waals surface area contributed by atoms with Gasteiger partial charge in [-0.25, -0.2) is 0 Å². The van der Waals surface area contributed by atoms with Crippen LogP contribution in [-0.2, 0) is 4.79 Å². The Labute approximate surface area is 95.2 Å². The van der Waals surface area contributed by atoms with Crippen LogP contribution in [0.3, 0.4) is 0 Å². The van der Waals surface area contributed by atoms with Gasteiger partial charge in [-0.05, 0) is 17.9 Å². The summed E-state index contributed by atoms with van der Waals surface area (Å²) in [4.78, 5) is 13.7. The van der Waals surface area contributed by atoms with Gasteiger partial charge in [0.1, 0.15) is 0 Å². The van der Waals surface area contributed by atoms with Crippen molar-refractivity contribution >= 4 is 29.4 Å². The van der Waals surface area contributed by atoms with Crippen LogP contribution in [0.5, 0.6) is 0 Å². The number of carbonyl (C=O) groups excluding carboxylic acids is 1. The summed E-state index contributed by atoms with van der Waals surface area (Å²) < 4.78 is 0. The number of hydrogen-bond acceptors (Lipinski definition) is 3. The van der Waals surface area contributed by atoms with E-state index in [0.717, 1.165) is 13.1 Å². The molecule has 1 saturated heterocycles. The van der Waals surface area contributed by atoms with E-state index in [-0.39, 0.29) is 0 Å². The highest BCUT2D eigenvalue weighted by molar-refractivity contribution is 8.00. The summed E-state index contributed by atoms with van der Waals surface area (Å²) in [5.74, 6) is 0.971. The van der Waals surface area contributed by atoms with Crippen molar-refractivity contribution in [2.75, 3.05) is 25.1 Å². The number of rotatable bonds is 4. The second-order valence-corrected chi connectivity index (χ2v) is 6.55. The zero-order valence-corrected chi connectivity index (χ0v) is 10.8. The van der Waals surface area contributed by atoms with E-state index in [0.29, 0.717) is 22.2 Å². The van der Waals surface area contributed by atoms with E-state index in [1.54, 1.807) is 11.8 Å². The Morgan fingerprint density at radius 1 is 1.57 bits per heavy atom. The van der Waals surface area contributed by atoms with Crippen molar-refractivity contribution in [2.45, 2.75) is 30.8 Å². The maximum absolute atomic E-state index is 11.7. The van der Waals surface area contributed by atoms with E-state index >= 15 is 0 Å². The van der Waals surface area contributed by atoms with Crippen LogP contribution in [0.15, 0.2) is 0 Å². The van der Waals surface area contributed by atoms with Gasteiger partial charge >= 0.3 is 0 Å². The van der Waals surface area contributed by atoms with Gasteiger partial charge in [-0.2, -0.15) is 11.8 Å². The van der Waals surface area contributed by atoms with Crippen LogP contribution in [0.2, 0.25) is 0 Å². The molecule has 1 rings (SSSR count). The third kappa shape index (κ3) is 3.73. The molecule has 82 valence electrons. The highest BCUT2D eigenvalue weighted by Crippen LogP contribution is 2.21. The van der Waals surface area contributed by atoms with Crippen LogP contribution in [0, 0.1) is 0 Å². The summed E-state index contributed by atoms with van der Waals surface area (Å²) in [6.07, 6.45) is 3.29. The van der Waals surface area contributed by atoms with Crippen molar-refractivity contribution < 1.29 is 4.79 Å². The van der Waals surface area contributed by atoms with Crippen LogP contribution in [-0.4, -0.2) is 46.4 Å². The van der Waals surface area contributed by atoms with Crippen LogP contribution < -0.4 is 0 Å². The molecule has 1 amide bonds. The molecule has 1 atom stereocenters. The second-order valence-electron chi connectivity index (χ2n) is 3.85. The average molecular weight is 233 g/mol. The van der Waals surface area contributed by atoms with Gasteiger partial charge in [0, 0.05) is 18.3 Å². The minimum Gasteiger partial charge on any atom is -0.341 e. The molecule has 1 heterocycles. The molecule has 1 fully saturated rings. The molecule has 1 unspecified atom stereocenters. The molecule has 2 nitrogen and oxygen atoms in total. The molecule has 0 saturated carbocycles. The Morgan fingerprint density at radius 2 is 2.29 bits per heavy atom. The van der Waals surface area contributed by atoms with Gasteiger partial charge in [-0.3, -0.25) is 4.79 Å². The lowest BCUT2D eigenvalue weighted by Crippen LogP contribution is -2.30. The lowest BCUT2D eigenvalue weighted by molar-refractivity contribution is -0.127. The van der Waals surface area contributed by atoms with Crippen molar-refractivity contribution in [3.63, 3.8) is 0 Å². The van der Waals surface area contributed by atoms with Gasteiger partial charge < -0.3 is 4.90 Å². The van der Waals surface area contributed by atoms with Crippen LogP contribution in [0.4, 0.5) is 0 Å². The zero-order valence-electron chi connectivity index (χ0n) is 9.16. The molecule has 0 aromatic heterocycles. The molecule has 0 spiro atoms. The normalized spacial score (nSPS) is 22.0. The number of amides is 1. The highest BCUT2D eigenvalue weighted by Gasteiger charge is 2.25. The first-order chi connectivity index (χ1) is 6.63. The summed E-state index contributed by atoms with van der Waals surface area (Å²) >= 11 is 3.61. The van der Waals surface area contributed by atoms with Crippen molar-refractivity contribution in [1.29, 1.82) is 0 Å². The molecule has 0 aromatic carbocycles. The second kappa shape index (κ2) is 5.91. The van der Waals surface area contributed by atoms with Gasteiger partial charge in [0.25, 0.3) is 0 Å². The van der Waals surface area contributed by atoms with Gasteiger partial charge in [0.2, 0.25) is 5.91 Å². The predicted molar refractivity (Wildman–Crippen MR) is 66.1 cm³/mol. The maximum Gasteiger partial charge on any atom is 0.232 e. The summed E-state index contributed by atoms with van der Waals surface area (Å²) in [6, 6.07) is 0. The van der Waals surface area contributed by atoms with E-state index in [9.17, 15) is 4.79 Å². The first kappa shape index (κ1) is 12.2. The number of likely N-dealkylation sites (tertiary alicyclic amines) is 1. The topological polar surface area (TPSA) is 20.3 Å². The van der Waals surface area contributed by atoms with Crippen molar-refractivity contribution in [3.05, 3.63) is 0 Å². The number of thioether (sulfide) groups is 2. The lowest BCUT2D eigenvalue weighted by Gasteiger charge is -2.16. The van der Waals surface area contributed by atoms with E-state index in [2.05, 4.69) is 20.1 Å².